The van der Waals surface area contributed by atoms with Crippen molar-refractivity contribution in [3.8, 4) is 16.3 Å². The van der Waals surface area contributed by atoms with E-state index in [4.69, 9.17) is 9.72 Å². The molecule has 216 valence electrons. The standard InChI is InChI=1S/C31H42N4O4S/c1-19-24(15-27(37)38)35(18-33-19)17-26(36)34-11-9-20(10-12-34)25-16-32-29(40-25)21-13-22(30(2,3)4)28(39-8)23(14-21)31(5,6)7/h13-14,16,18,20H,9-12,15,17H2,1-8H3,(H,37,38). The predicted octanol–water partition coefficient (Wildman–Crippen LogP) is 5.95. The summed E-state index contributed by atoms with van der Waals surface area (Å²) in [5.74, 6) is 0.380. The lowest BCUT2D eigenvalue weighted by atomic mass is 9.78. The Bertz CT molecular complexity index is 1350. The molecule has 8 nitrogen and oxygen atoms in total. The molecule has 3 heterocycles. The van der Waals surface area contributed by atoms with Gasteiger partial charge in [0.15, 0.2) is 0 Å². The molecule has 2 aromatic heterocycles. The normalized spacial score (nSPS) is 14.9. The maximum atomic E-state index is 13.0. The summed E-state index contributed by atoms with van der Waals surface area (Å²) in [6.07, 6.45) is 5.18. The van der Waals surface area contributed by atoms with E-state index in [0.29, 0.717) is 30.4 Å². The topological polar surface area (TPSA) is 97.5 Å². The van der Waals surface area contributed by atoms with Crippen LogP contribution in [0.25, 0.3) is 10.6 Å². The number of benzene rings is 1. The Morgan fingerprint density at radius 1 is 1.05 bits per heavy atom. The van der Waals surface area contributed by atoms with Crippen molar-refractivity contribution >= 4 is 23.2 Å². The van der Waals surface area contributed by atoms with Crippen LogP contribution in [-0.2, 0) is 33.4 Å². The molecule has 1 N–H and O–H groups in total. The first-order valence-electron chi connectivity index (χ1n) is 13.9. The summed E-state index contributed by atoms with van der Waals surface area (Å²) in [6.45, 7) is 16.5. The number of methoxy groups -OCH3 is 1. The van der Waals surface area contributed by atoms with E-state index in [1.807, 2.05) is 11.1 Å². The van der Waals surface area contributed by atoms with E-state index >= 15 is 0 Å². The Labute approximate surface area is 241 Å². The third-order valence-electron chi connectivity index (χ3n) is 7.71. The number of hydrogen-bond acceptors (Lipinski definition) is 6. The second kappa shape index (κ2) is 11.4. The number of carboxylic acids is 1. The molecule has 0 radical (unpaired) electrons. The molecular formula is C31H42N4O4S. The Morgan fingerprint density at radius 3 is 2.17 bits per heavy atom. The molecule has 0 aliphatic carbocycles. The molecule has 0 spiro atoms. The van der Waals surface area contributed by atoms with Crippen molar-refractivity contribution in [1.82, 2.24) is 19.4 Å². The molecule has 1 fully saturated rings. The van der Waals surface area contributed by atoms with Gasteiger partial charge in [-0.15, -0.1) is 11.3 Å². The van der Waals surface area contributed by atoms with Crippen molar-refractivity contribution < 1.29 is 19.4 Å². The fraction of sp³-hybridized carbons (Fsp3) is 0.548. The van der Waals surface area contributed by atoms with E-state index < -0.39 is 5.97 Å². The van der Waals surface area contributed by atoms with Gasteiger partial charge < -0.3 is 19.3 Å². The van der Waals surface area contributed by atoms with Crippen LogP contribution in [-0.4, -0.2) is 56.6 Å². The van der Waals surface area contributed by atoms with Gasteiger partial charge in [-0.05, 0) is 48.6 Å². The number of rotatable bonds is 7. The number of imidazole rings is 1. The number of hydrogen-bond donors (Lipinski definition) is 1. The van der Waals surface area contributed by atoms with E-state index in [1.54, 1.807) is 36.3 Å². The highest BCUT2D eigenvalue weighted by Gasteiger charge is 2.30. The van der Waals surface area contributed by atoms with Crippen LogP contribution in [0.4, 0.5) is 0 Å². The van der Waals surface area contributed by atoms with Crippen molar-refractivity contribution in [1.29, 1.82) is 0 Å². The molecule has 40 heavy (non-hydrogen) atoms. The number of amides is 1. The predicted molar refractivity (Wildman–Crippen MR) is 158 cm³/mol. The number of thiazole rings is 1. The van der Waals surface area contributed by atoms with Gasteiger partial charge in [0, 0.05) is 40.9 Å². The number of carbonyl (C=O) groups excluding carboxylic acids is 1. The van der Waals surface area contributed by atoms with Crippen LogP contribution in [0.1, 0.15) is 87.7 Å². The highest BCUT2D eigenvalue weighted by molar-refractivity contribution is 7.15. The van der Waals surface area contributed by atoms with E-state index in [-0.39, 0.29) is 29.7 Å². The van der Waals surface area contributed by atoms with Crippen LogP contribution in [0.15, 0.2) is 24.7 Å². The van der Waals surface area contributed by atoms with Gasteiger partial charge in [-0.25, -0.2) is 9.97 Å². The van der Waals surface area contributed by atoms with Crippen molar-refractivity contribution in [2.75, 3.05) is 20.2 Å². The lowest BCUT2D eigenvalue weighted by molar-refractivity contribution is -0.137. The molecule has 3 aromatic rings. The van der Waals surface area contributed by atoms with Gasteiger partial charge >= 0.3 is 5.97 Å². The molecule has 1 aliphatic heterocycles. The van der Waals surface area contributed by atoms with Crippen LogP contribution in [0, 0.1) is 6.92 Å². The maximum absolute atomic E-state index is 13.0. The summed E-state index contributed by atoms with van der Waals surface area (Å²) in [4.78, 5) is 36.5. The summed E-state index contributed by atoms with van der Waals surface area (Å²) >= 11 is 1.74. The lowest BCUT2D eigenvalue weighted by Gasteiger charge is -2.31. The van der Waals surface area contributed by atoms with Gasteiger partial charge in [-0.2, -0.15) is 0 Å². The van der Waals surface area contributed by atoms with Gasteiger partial charge in [-0.3, -0.25) is 9.59 Å². The van der Waals surface area contributed by atoms with Crippen molar-refractivity contribution in [3.63, 3.8) is 0 Å². The SMILES string of the molecule is COc1c(C(C)(C)C)cc(-c2ncc(C3CCN(C(=O)Cn4cnc(C)c4CC(=O)O)CC3)s2)cc1C(C)(C)C. The first kappa shape index (κ1) is 29.8. The van der Waals surface area contributed by atoms with Crippen LogP contribution in [0.3, 0.4) is 0 Å². The van der Waals surface area contributed by atoms with E-state index in [0.717, 1.165) is 29.2 Å². The number of carbonyl (C=O) groups is 2. The highest BCUT2D eigenvalue weighted by Crippen LogP contribution is 2.44. The van der Waals surface area contributed by atoms with Gasteiger partial charge in [0.25, 0.3) is 0 Å². The Morgan fingerprint density at radius 2 is 1.65 bits per heavy atom. The number of aliphatic carboxylic acids is 1. The molecule has 0 saturated carbocycles. The summed E-state index contributed by atoms with van der Waals surface area (Å²) in [5.41, 5.74) is 4.55. The molecule has 1 amide bonds. The Kier molecular flexibility index (Phi) is 8.45. The van der Waals surface area contributed by atoms with Gasteiger partial charge in [-0.1, -0.05) is 41.5 Å². The van der Waals surface area contributed by atoms with Crippen molar-refractivity contribution in [2.24, 2.45) is 0 Å². The number of ether oxygens (including phenoxy) is 1. The molecule has 1 saturated heterocycles. The minimum absolute atomic E-state index is 0.00451. The van der Waals surface area contributed by atoms with Gasteiger partial charge in [0.1, 0.15) is 17.3 Å². The third kappa shape index (κ3) is 6.40. The van der Waals surface area contributed by atoms with Crippen LogP contribution < -0.4 is 4.74 Å². The molecule has 9 heteroatoms. The smallest absolute Gasteiger partial charge is 0.309 e. The second-order valence-electron chi connectivity index (χ2n) is 12.8. The average Bonchev–Trinajstić information content (AvgIpc) is 3.50. The summed E-state index contributed by atoms with van der Waals surface area (Å²) < 4.78 is 7.60. The molecule has 0 bridgehead atoms. The molecule has 1 aromatic carbocycles. The number of piperidine rings is 1. The van der Waals surface area contributed by atoms with Crippen LogP contribution >= 0.6 is 11.3 Å². The molecule has 1 aliphatic rings. The van der Waals surface area contributed by atoms with Crippen LogP contribution in [0.2, 0.25) is 0 Å². The summed E-state index contributed by atoms with van der Waals surface area (Å²) in [6, 6.07) is 4.46. The van der Waals surface area contributed by atoms with Crippen LogP contribution in [0.5, 0.6) is 5.75 Å². The number of aromatic nitrogens is 3. The number of carboxylic acid groups (broad SMARTS) is 1. The minimum atomic E-state index is -0.930. The zero-order chi connectivity index (χ0) is 29.4. The fourth-order valence-corrected chi connectivity index (χ4v) is 6.44. The number of nitrogens with zero attached hydrogens (tertiary/aromatic N) is 4. The zero-order valence-corrected chi connectivity index (χ0v) is 25.8. The Hall–Kier alpha value is -3.20. The van der Waals surface area contributed by atoms with E-state index in [1.165, 1.54) is 16.0 Å². The zero-order valence-electron chi connectivity index (χ0n) is 25.0. The minimum Gasteiger partial charge on any atom is -0.496 e. The second-order valence-corrected chi connectivity index (χ2v) is 13.9. The molecule has 0 unspecified atom stereocenters. The van der Waals surface area contributed by atoms with E-state index in [9.17, 15) is 14.7 Å². The lowest BCUT2D eigenvalue weighted by Crippen LogP contribution is -2.39. The number of aryl methyl sites for hydroxylation is 1. The fourth-order valence-electron chi connectivity index (χ4n) is 5.37. The highest BCUT2D eigenvalue weighted by atomic mass is 32.1. The van der Waals surface area contributed by atoms with Crippen molar-refractivity contribution in [2.45, 2.75) is 91.0 Å². The summed E-state index contributed by atoms with van der Waals surface area (Å²) in [7, 11) is 1.75. The number of likely N-dealkylation sites (tertiary alicyclic amines) is 1. The monoisotopic (exact) mass is 566 g/mol. The molecule has 4 rings (SSSR count). The largest absolute Gasteiger partial charge is 0.496 e. The third-order valence-corrected chi connectivity index (χ3v) is 8.92. The maximum Gasteiger partial charge on any atom is 0.309 e. The first-order valence-corrected chi connectivity index (χ1v) is 14.7. The average molecular weight is 567 g/mol. The Balaban J connectivity index is 1.48. The summed E-state index contributed by atoms with van der Waals surface area (Å²) in [5, 5.41) is 10.2. The van der Waals surface area contributed by atoms with Gasteiger partial charge in [0.05, 0.1) is 31.2 Å². The first-order chi connectivity index (χ1) is 18.7. The molecular weight excluding hydrogens is 524 g/mol. The van der Waals surface area contributed by atoms with E-state index in [2.05, 4.69) is 58.7 Å². The van der Waals surface area contributed by atoms with Gasteiger partial charge in [0.2, 0.25) is 5.91 Å². The molecule has 0 atom stereocenters. The quantitative estimate of drug-likeness (QED) is 0.379. The van der Waals surface area contributed by atoms with Crippen molar-refractivity contribution in [3.05, 3.63) is 52.0 Å².